The van der Waals surface area contributed by atoms with Gasteiger partial charge < -0.3 is 5.73 Å². The van der Waals surface area contributed by atoms with Crippen molar-refractivity contribution in [3.8, 4) is 0 Å². The Hall–Kier alpha value is -0.340. The molecule has 14 heavy (non-hydrogen) atoms. The highest BCUT2D eigenvalue weighted by Gasteiger charge is 2.06. The highest BCUT2D eigenvalue weighted by atomic mass is 32.1. The predicted molar refractivity (Wildman–Crippen MR) is 64.9 cm³/mol. The van der Waals surface area contributed by atoms with Gasteiger partial charge in [-0.05, 0) is 57.2 Å². The Morgan fingerprint density at radius 3 is 2.57 bits per heavy atom. The molecule has 0 aliphatic carbocycles. The van der Waals surface area contributed by atoms with E-state index in [1.165, 1.54) is 23.3 Å². The van der Waals surface area contributed by atoms with Gasteiger partial charge in [0, 0.05) is 9.75 Å². The van der Waals surface area contributed by atoms with Gasteiger partial charge >= 0.3 is 0 Å². The molecule has 0 aliphatic heterocycles. The van der Waals surface area contributed by atoms with E-state index in [1.807, 2.05) is 11.3 Å². The SMILES string of the molecule is Cc1cc(C)c(CCC(C)CCN)s1. The lowest BCUT2D eigenvalue weighted by molar-refractivity contribution is 0.501. The zero-order valence-corrected chi connectivity index (χ0v) is 10.3. The Kier molecular flexibility index (Phi) is 4.63. The third-order valence-corrected chi connectivity index (χ3v) is 3.88. The van der Waals surface area contributed by atoms with Crippen LogP contribution in [0.2, 0.25) is 0 Å². The molecule has 1 rings (SSSR count). The minimum Gasteiger partial charge on any atom is -0.330 e. The molecule has 80 valence electrons. The van der Waals surface area contributed by atoms with Crippen LogP contribution in [0.25, 0.3) is 0 Å². The van der Waals surface area contributed by atoms with Gasteiger partial charge in [-0.2, -0.15) is 0 Å². The molecular weight excluding hydrogens is 190 g/mol. The molecular formula is C12H21NS. The van der Waals surface area contributed by atoms with Gasteiger partial charge in [0.1, 0.15) is 0 Å². The monoisotopic (exact) mass is 211 g/mol. The molecule has 0 radical (unpaired) electrons. The molecule has 2 heteroatoms. The molecule has 0 aliphatic rings. The van der Waals surface area contributed by atoms with Crippen LogP contribution >= 0.6 is 11.3 Å². The van der Waals surface area contributed by atoms with Crippen molar-refractivity contribution in [2.24, 2.45) is 11.7 Å². The fourth-order valence-electron chi connectivity index (χ4n) is 1.74. The molecule has 1 heterocycles. The van der Waals surface area contributed by atoms with Crippen molar-refractivity contribution in [3.63, 3.8) is 0 Å². The Morgan fingerprint density at radius 1 is 1.36 bits per heavy atom. The maximum absolute atomic E-state index is 5.54. The van der Waals surface area contributed by atoms with E-state index in [4.69, 9.17) is 5.73 Å². The highest BCUT2D eigenvalue weighted by Crippen LogP contribution is 2.24. The van der Waals surface area contributed by atoms with Crippen LogP contribution in [0.1, 0.15) is 35.1 Å². The number of aryl methyl sites for hydroxylation is 3. The maximum Gasteiger partial charge on any atom is 0.00773 e. The number of hydrogen-bond acceptors (Lipinski definition) is 2. The largest absolute Gasteiger partial charge is 0.330 e. The summed E-state index contributed by atoms with van der Waals surface area (Å²) in [6, 6.07) is 2.29. The van der Waals surface area contributed by atoms with Crippen molar-refractivity contribution >= 4 is 11.3 Å². The van der Waals surface area contributed by atoms with Gasteiger partial charge in [-0.3, -0.25) is 0 Å². The Labute approximate surface area is 91.3 Å². The van der Waals surface area contributed by atoms with E-state index < -0.39 is 0 Å². The molecule has 1 aromatic rings. The van der Waals surface area contributed by atoms with Crippen LogP contribution in [0, 0.1) is 19.8 Å². The summed E-state index contributed by atoms with van der Waals surface area (Å²) in [6.45, 7) is 7.52. The minimum atomic E-state index is 0.766. The molecule has 0 amide bonds. The van der Waals surface area contributed by atoms with E-state index in [2.05, 4.69) is 26.8 Å². The molecule has 0 saturated heterocycles. The molecule has 0 fully saturated rings. The average Bonchev–Trinajstić information content (AvgIpc) is 2.42. The van der Waals surface area contributed by atoms with Crippen molar-refractivity contribution < 1.29 is 0 Å². The minimum absolute atomic E-state index is 0.766. The van der Waals surface area contributed by atoms with Gasteiger partial charge in [-0.15, -0.1) is 11.3 Å². The van der Waals surface area contributed by atoms with Gasteiger partial charge in [0.25, 0.3) is 0 Å². The second-order valence-corrected chi connectivity index (χ2v) is 5.53. The molecule has 0 aromatic carbocycles. The summed E-state index contributed by atoms with van der Waals surface area (Å²) in [5, 5.41) is 0. The zero-order valence-electron chi connectivity index (χ0n) is 9.47. The molecule has 0 spiro atoms. The molecule has 1 atom stereocenters. The quantitative estimate of drug-likeness (QED) is 0.794. The smallest absolute Gasteiger partial charge is 0.00773 e. The first-order valence-corrected chi connectivity index (χ1v) is 6.21. The van der Waals surface area contributed by atoms with E-state index in [0.29, 0.717) is 0 Å². The van der Waals surface area contributed by atoms with Crippen molar-refractivity contribution in [1.82, 2.24) is 0 Å². The third kappa shape index (κ3) is 3.43. The standard InChI is InChI=1S/C12H21NS/c1-9(6-7-13)4-5-12-10(2)8-11(3)14-12/h8-9H,4-7,13H2,1-3H3. The summed E-state index contributed by atoms with van der Waals surface area (Å²) in [5.41, 5.74) is 7.00. The second kappa shape index (κ2) is 5.52. The lowest BCUT2D eigenvalue weighted by Gasteiger charge is -2.08. The van der Waals surface area contributed by atoms with Crippen LogP contribution in [-0.4, -0.2) is 6.54 Å². The van der Waals surface area contributed by atoms with E-state index in [0.717, 1.165) is 18.9 Å². The van der Waals surface area contributed by atoms with Gasteiger partial charge in [0.05, 0.1) is 0 Å². The first kappa shape index (κ1) is 11.7. The molecule has 0 saturated carbocycles. The molecule has 0 bridgehead atoms. The summed E-state index contributed by atoms with van der Waals surface area (Å²) < 4.78 is 0. The topological polar surface area (TPSA) is 26.0 Å². The van der Waals surface area contributed by atoms with Crippen LogP contribution in [0.5, 0.6) is 0 Å². The Bertz CT molecular complexity index is 278. The van der Waals surface area contributed by atoms with Crippen LogP contribution < -0.4 is 5.73 Å². The van der Waals surface area contributed by atoms with Crippen molar-refractivity contribution in [2.45, 2.75) is 40.0 Å². The summed E-state index contributed by atoms with van der Waals surface area (Å²) in [4.78, 5) is 3.00. The van der Waals surface area contributed by atoms with Crippen LogP contribution in [0.4, 0.5) is 0 Å². The van der Waals surface area contributed by atoms with Crippen LogP contribution in [0.3, 0.4) is 0 Å². The normalized spacial score (nSPS) is 13.1. The number of rotatable bonds is 5. The molecule has 2 N–H and O–H groups in total. The molecule has 1 nitrogen and oxygen atoms in total. The fraction of sp³-hybridized carbons (Fsp3) is 0.667. The summed E-state index contributed by atoms with van der Waals surface area (Å²) in [7, 11) is 0. The first-order chi connectivity index (χ1) is 6.63. The van der Waals surface area contributed by atoms with Gasteiger partial charge in [0.2, 0.25) is 0 Å². The first-order valence-electron chi connectivity index (χ1n) is 5.39. The average molecular weight is 211 g/mol. The lowest BCUT2D eigenvalue weighted by atomic mass is 10.0. The zero-order chi connectivity index (χ0) is 10.6. The van der Waals surface area contributed by atoms with Crippen molar-refractivity contribution in [2.75, 3.05) is 6.54 Å². The van der Waals surface area contributed by atoms with Crippen LogP contribution in [-0.2, 0) is 6.42 Å². The second-order valence-electron chi connectivity index (χ2n) is 4.18. The van der Waals surface area contributed by atoms with E-state index in [1.54, 1.807) is 4.88 Å². The summed E-state index contributed by atoms with van der Waals surface area (Å²) >= 11 is 1.94. The van der Waals surface area contributed by atoms with E-state index in [-0.39, 0.29) is 0 Å². The predicted octanol–water partition coefficient (Wildman–Crippen LogP) is 3.28. The summed E-state index contributed by atoms with van der Waals surface area (Å²) in [5.74, 6) is 0.766. The van der Waals surface area contributed by atoms with Gasteiger partial charge in [-0.25, -0.2) is 0 Å². The van der Waals surface area contributed by atoms with Crippen molar-refractivity contribution in [1.29, 1.82) is 0 Å². The van der Waals surface area contributed by atoms with E-state index >= 15 is 0 Å². The van der Waals surface area contributed by atoms with Crippen LogP contribution in [0.15, 0.2) is 6.07 Å². The lowest BCUT2D eigenvalue weighted by Crippen LogP contribution is -2.06. The molecule has 1 unspecified atom stereocenters. The molecule has 1 aromatic heterocycles. The maximum atomic E-state index is 5.54. The number of thiophene rings is 1. The Balaban J connectivity index is 2.41. The fourth-order valence-corrected chi connectivity index (χ4v) is 2.81. The summed E-state index contributed by atoms with van der Waals surface area (Å²) in [6.07, 6.45) is 3.66. The number of nitrogens with two attached hydrogens (primary N) is 1. The number of hydrogen-bond donors (Lipinski definition) is 1. The third-order valence-electron chi connectivity index (χ3n) is 2.67. The van der Waals surface area contributed by atoms with Gasteiger partial charge in [0.15, 0.2) is 0 Å². The Morgan fingerprint density at radius 2 is 2.07 bits per heavy atom. The van der Waals surface area contributed by atoms with E-state index in [9.17, 15) is 0 Å². The highest BCUT2D eigenvalue weighted by molar-refractivity contribution is 7.12. The van der Waals surface area contributed by atoms with Crippen molar-refractivity contribution in [3.05, 3.63) is 21.4 Å². The van der Waals surface area contributed by atoms with Gasteiger partial charge in [-0.1, -0.05) is 6.92 Å².